The molecular weight excluding hydrogens is 216 g/mol. The van der Waals surface area contributed by atoms with Crippen LogP contribution in [0.15, 0.2) is 28.9 Å². The topological polar surface area (TPSA) is 63.0 Å². The predicted molar refractivity (Wildman–Crippen MR) is 64.6 cm³/mol. The SMILES string of the molecule is CNc1ncccc1-c1cc(C2CCN2)on1. The summed E-state index contributed by atoms with van der Waals surface area (Å²) in [5.41, 5.74) is 1.79. The van der Waals surface area contributed by atoms with Crippen LogP contribution >= 0.6 is 0 Å². The lowest BCUT2D eigenvalue weighted by Crippen LogP contribution is -2.34. The lowest BCUT2D eigenvalue weighted by molar-refractivity contribution is 0.282. The molecule has 0 aromatic carbocycles. The van der Waals surface area contributed by atoms with Crippen molar-refractivity contribution in [1.82, 2.24) is 15.5 Å². The van der Waals surface area contributed by atoms with Crippen molar-refractivity contribution in [2.45, 2.75) is 12.5 Å². The van der Waals surface area contributed by atoms with Crippen LogP contribution in [0, 0.1) is 0 Å². The first-order valence-corrected chi connectivity index (χ1v) is 5.71. The van der Waals surface area contributed by atoms with E-state index in [4.69, 9.17) is 4.52 Å². The Kier molecular flexibility index (Phi) is 2.53. The molecule has 17 heavy (non-hydrogen) atoms. The number of aromatic nitrogens is 2. The molecule has 2 aromatic heterocycles. The van der Waals surface area contributed by atoms with E-state index in [0.29, 0.717) is 6.04 Å². The van der Waals surface area contributed by atoms with Gasteiger partial charge in [0.1, 0.15) is 11.5 Å². The summed E-state index contributed by atoms with van der Waals surface area (Å²) in [5.74, 6) is 1.71. The highest BCUT2D eigenvalue weighted by atomic mass is 16.5. The summed E-state index contributed by atoms with van der Waals surface area (Å²) in [6.45, 7) is 1.05. The summed E-state index contributed by atoms with van der Waals surface area (Å²) < 4.78 is 5.35. The highest BCUT2D eigenvalue weighted by Gasteiger charge is 2.23. The summed E-state index contributed by atoms with van der Waals surface area (Å²) in [5, 5.41) is 10.4. The number of anilines is 1. The Balaban J connectivity index is 1.94. The van der Waals surface area contributed by atoms with Crippen LogP contribution in [0.4, 0.5) is 5.82 Å². The van der Waals surface area contributed by atoms with Crippen LogP contribution in [0.5, 0.6) is 0 Å². The van der Waals surface area contributed by atoms with Crippen molar-refractivity contribution < 1.29 is 4.52 Å². The van der Waals surface area contributed by atoms with Crippen molar-refractivity contribution in [1.29, 1.82) is 0 Å². The molecule has 0 saturated carbocycles. The van der Waals surface area contributed by atoms with E-state index in [-0.39, 0.29) is 0 Å². The molecule has 1 atom stereocenters. The van der Waals surface area contributed by atoms with Gasteiger partial charge in [-0.05, 0) is 25.1 Å². The molecule has 3 rings (SSSR count). The molecule has 0 amide bonds. The molecule has 2 N–H and O–H groups in total. The third-order valence-corrected chi connectivity index (χ3v) is 3.02. The monoisotopic (exact) mass is 230 g/mol. The molecule has 1 fully saturated rings. The van der Waals surface area contributed by atoms with Crippen molar-refractivity contribution in [3.8, 4) is 11.3 Å². The zero-order chi connectivity index (χ0) is 11.7. The number of nitrogens with one attached hydrogen (secondary N) is 2. The first-order valence-electron chi connectivity index (χ1n) is 5.71. The molecule has 5 heteroatoms. The maximum Gasteiger partial charge on any atom is 0.154 e. The van der Waals surface area contributed by atoms with E-state index in [2.05, 4.69) is 20.8 Å². The Morgan fingerprint density at radius 1 is 1.53 bits per heavy atom. The van der Waals surface area contributed by atoms with Crippen LogP contribution in [-0.4, -0.2) is 23.7 Å². The number of hydrogen-bond donors (Lipinski definition) is 2. The van der Waals surface area contributed by atoms with Gasteiger partial charge in [-0.15, -0.1) is 0 Å². The largest absolute Gasteiger partial charge is 0.373 e. The summed E-state index contributed by atoms with van der Waals surface area (Å²) >= 11 is 0. The maximum atomic E-state index is 5.35. The van der Waals surface area contributed by atoms with Gasteiger partial charge in [-0.25, -0.2) is 4.98 Å². The Bertz CT molecular complexity index is 519. The van der Waals surface area contributed by atoms with Crippen LogP contribution < -0.4 is 10.6 Å². The van der Waals surface area contributed by atoms with Gasteiger partial charge in [0.2, 0.25) is 0 Å². The van der Waals surface area contributed by atoms with Crippen LogP contribution in [0.2, 0.25) is 0 Å². The van der Waals surface area contributed by atoms with E-state index in [0.717, 1.165) is 35.8 Å². The molecular formula is C12H14N4O. The van der Waals surface area contributed by atoms with E-state index >= 15 is 0 Å². The second-order valence-corrected chi connectivity index (χ2v) is 4.06. The van der Waals surface area contributed by atoms with Gasteiger partial charge in [0, 0.05) is 24.9 Å². The van der Waals surface area contributed by atoms with Crippen molar-refractivity contribution in [3.63, 3.8) is 0 Å². The number of nitrogens with zero attached hydrogens (tertiary/aromatic N) is 2. The van der Waals surface area contributed by atoms with E-state index in [9.17, 15) is 0 Å². The number of pyridine rings is 1. The first-order chi connectivity index (χ1) is 8.38. The minimum Gasteiger partial charge on any atom is -0.373 e. The minimum atomic E-state index is 0.325. The quantitative estimate of drug-likeness (QED) is 0.842. The maximum absolute atomic E-state index is 5.35. The zero-order valence-electron chi connectivity index (χ0n) is 9.60. The van der Waals surface area contributed by atoms with Gasteiger partial charge in [0.15, 0.2) is 5.76 Å². The predicted octanol–water partition coefficient (Wildman–Crippen LogP) is 1.81. The molecule has 0 aliphatic carbocycles. The average Bonchev–Trinajstić information content (AvgIpc) is 2.76. The summed E-state index contributed by atoms with van der Waals surface area (Å²) in [7, 11) is 1.85. The smallest absolute Gasteiger partial charge is 0.154 e. The highest BCUT2D eigenvalue weighted by molar-refractivity contribution is 5.71. The minimum absolute atomic E-state index is 0.325. The molecule has 3 heterocycles. The molecule has 0 radical (unpaired) electrons. The van der Waals surface area contributed by atoms with Crippen LogP contribution in [0.3, 0.4) is 0 Å². The van der Waals surface area contributed by atoms with Gasteiger partial charge in [-0.1, -0.05) is 5.16 Å². The average molecular weight is 230 g/mol. The second kappa shape index (κ2) is 4.18. The molecule has 5 nitrogen and oxygen atoms in total. The van der Waals surface area contributed by atoms with Gasteiger partial charge >= 0.3 is 0 Å². The lowest BCUT2D eigenvalue weighted by atomic mass is 10.0. The molecule has 1 aliphatic rings. The number of rotatable bonds is 3. The highest BCUT2D eigenvalue weighted by Crippen LogP contribution is 2.29. The molecule has 1 saturated heterocycles. The zero-order valence-corrected chi connectivity index (χ0v) is 9.60. The summed E-state index contributed by atoms with van der Waals surface area (Å²) in [6.07, 6.45) is 2.87. The molecule has 0 bridgehead atoms. The third kappa shape index (κ3) is 1.78. The Hall–Kier alpha value is -1.88. The van der Waals surface area contributed by atoms with Crippen molar-refractivity contribution in [3.05, 3.63) is 30.2 Å². The first kappa shape index (κ1) is 10.3. The second-order valence-electron chi connectivity index (χ2n) is 4.06. The molecule has 2 aromatic rings. The normalized spacial score (nSPS) is 18.8. The van der Waals surface area contributed by atoms with Crippen LogP contribution in [-0.2, 0) is 0 Å². The van der Waals surface area contributed by atoms with E-state index < -0.39 is 0 Å². The van der Waals surface area contributed by atoms with Crippen LogP contribution in [0.25, 0.3) is 11.3 Å². The third-order valence-electron chi connectivity index (χ3n) is 3.02. The molecule has 1 unspecified atom stereocenters. The lowest BCUT2D eigenvalue weighted by Gasteiger charge is -2.24. The van der Waals surface area contributed by atoms with Crippen molar-refractivity contribution >= 4 is 5.82 Å². The fourth-order valence-electron chi connectivity index (χ4n) is 1.92. The Morgan fingerprint density at radius 3 is 3.12 bits per heavy atom. The van der Waals surface area contributed by atoms with E-state index in [1.807, 2.05) is 25.2 Å². The van der Waals surface area contributed by atoms with Gasteiger partial charge in [-0.2, -0.15) is 0 Å². The van der Waals surface area contributed by atoms with Crippen molar-refractivity contribution in [2.75, 3.05) is 18.9 Å². The van der Waals surface area contributed by atoms with Crippen molar-refractivity contribution in [2.24, 2.45) is 0 Å². The van der Waals surface area contributed by atoms with E-state index in [1.54, 1.807) is 6.20 Å². The summed E-state index contributed by atoms with van der Waals surface area (Å²) in [6, 6.07) is 6.18. The fraction of sp³-hybridized carbons (Fsp3) is 0.333. The number of hydrogen-bond acceptors (Lipinski definition) is 5. The Labute approximate surface area is 99.2 Å². The van der Waals surface area contributed by atoms with Gasteiger partial charge < -0.3 is 15.2 Å². The van der Waals surface area contributed by atoms with Crippen LogP contribution in [0.1, 0.15) is 18.2 Å². The fourth-order valence-corrected chi connectivity index (χ4v) is 1.92. The van der Waals surface area contributed by atoms with E-state index in [1.165, 1.54) is 0 Å². The van der Waals surface area contributed by atoms with Gasteiger partial charge in [-0.3, -0.25) is 0 Å². The molecule has 88 valence electrons. The Morgan fingerprint density at radius 2 is 2.41 bits per heavy atom. The summed E-state index contributed by atoms with van der Waals surface area (Å²) in [4.78, 5) is 4.25. The van der Waals surface area contributed by atoms with Gasteiger partial charge in [0.25, 0.3) is 0 Å². The molecule has 0 spiro atoms. The standard InChI is InChI=1S/C12H14N4O/c1-13-12-8(3-2-5-15-12)10-7-11(17-16-10)9-4-6-14-9/h2-3,5,7,9,14H,4,6H2,1H3,(H,13,15). The van der Waals surface area contributed by atoms with Gasteiger partial charge in [0.05, 0.1) is 6.04 Å². The molecule has 1 aliphatic heterocycles.